The monoisotopic (exact) mass is 1140 g/mol. The highest BCUT2D eigenvalue weighted by Gasteiger charge is 2.27. The lowest BCUT2D eigenvalue weighted by molar-refractivity contribution is -0.870. The van der Waals surface area contributed by atoms with E-state index in [2.05, 4.69) is 86.8 Å². The van der Waals surface area contributed by atoms with Crippen molar-refractivity contribution in [2.75, 3.05) is 40.9 Å². The highest BCUT2D eigenvalue weighted by Crippen LogP contribution is 2.38. The van der Waals surface area contributed by atoms with Crippen molar-refractivity contribution in [1.29, 1.82) is 0 Å². The van der Waals surface area contributed by atoms with Crippen LogP contribution < -0.4 is 10.2 Å². The lowest BCUT2D eigenvalue weighted by atomic mass is 10.0. The van der Waals surface area contributed by atoms with Crippen LogP contribution in [-0.4, -0.2) is 69.4 Å². The third-order valence-corrected chi connectivity index (χ3v) is 15.8. The molecule has 0 spiro atoms. The van der Waals surface area contributed by atoms with Gasteiger partial charge in [0.1, 0.15) is 19.3 Å². The summed E-state index contributed by atoms with van der Waals surface area (Å²) in [4.78, 5) is 40.1. The van der Waals surface area contributed by atoms with Gasteiger partial charge < -0.3 is 28.5 Å². The first kappa shape index (κ1) is 77.5. The van der Waals surface area contributed by atoms with Crippen LogP contribution >= 0.6 is 7.82 Å². The Morgan fingerprint density at radius 1 is 0.438 bits per heavy atom. The van der Waals surface area contributed by atoms with E-state index in [1.165, 1.54) is 173 Å². The van der Waals surface area contributed by atoms with Gasteiger partial charge >= 0.3 is 5.97 Å². The average Bonchev–Trinajstić information content (AvgIpc) is 3.42. The number of phosphoric ester groups is 1. The number of esters is 1. The number of carbonyl (C=O) groups is 2. The van der Waals surface area contributed by atoms with Gasteiger partial charge in [-0.1, -0.05) is 267 Å². The topological polar surface area (TPSA) is 114 Å². The number of hydrogen-bond acceptors (Lipinski definition) is 7. The van der Waals surface area contributed by atoms with Gasteiger partial charge in [0.05, 0.1) is 33.8 Å². The standard InChI is InChI=1S/C70H129N2O7P/c1-7-10-13-16-19-22-25-28-30-32-34-35-36-37-39-40-42-44-47-50-53-56-59-62-69(73)71-67(66-78-80(75,76)77-65-64-72(4,5)6)68(61-58-55-52-49-46-27-24-21-18-15-12-9-3)79-70(74)63-60-57-54-51-48-45-43-41-38-33-31-29-26-23-20-17-14-11-8-2/h19-20,22-23,28-31,34-35,58,61,67-68H,7-18,21,24-27,32-33,36-57,59-60,62-66H2,1-6H3,(H-,71,73,75,76)/b22-19-,23-20-,30-28-,31-29-,35-34-,61-58-. The molecule has 0 aromatic rings. The van der Waals surface area contributed by atoms with Crippen LogP contribution in [0.1, 0.15) is 310 Å². The van der Waals surface area contributed by atoms with E-state index >= 15 is 0 Å². The summed E-state index contributed by atoms with van der Waals surface area (Å²) in [6, 6.07) is -0.895. The summed E-state index contributed by atoms with van der Waals surface area (Å²) in [5.74, 6) is -0.544. The number of nitrogens with zero attached hydrogens (tertiary/aromatic N) is 1. The second-order valence-electron chi connectivity index (χ2n) is 24.0. The summed E-state index contributed by atoms with van der Waals surface area (Å²) in [5, 5.41) is 3.04. The average molecular weight is 1140 g/mol. The molecule has 80 heavy (non-hydrogen) atoms. The number of hydrogen-bond donors (Lipinski definition) is 1. The van der Waals surface area contributed by atoms with Gasteiger partial charge in [0.25, 0.3) is 7.82 Å². The fourth-order valence-corrected chi connectivity index (χ4v) is 10.3. The Balaban J connectivity index is 5.15. The largest absolute Gasteiger partial charge is 0.756 e. The van der Waals surface area contributed by atoms with Crippen LogP contribution in [0.25, 0.3) is 0 Å². The van der Waals surface area contributed by atoms with Gasteiger partial charge in [-0.15, -0.1) is 0 Å². The number of unbranched alkanes of at least 4 members (excludes halogenated alkanes) is 35. The van der Waals surface area contributed by atoms with Crippen LogP contribution in [0.2, 0.25) is 0 Å². The van der Waals surface area contributed by atoms with E-state index < -0.39 is 26.6 Å². The first-order chi connectivity index (χ1) is 38.9. The molecule has 3 unspecified atom stereocenters. The molecule has 1 N–H and O–H groups in total. The molecule has 0 aliphatic rings. The van der Waals surface area contributed by atoms with Crippen LogP contribution in [-0.2, 0) is 27.9 Å². The first-order valence-corrected chi connectivity index (χ1v) is 35.2. The molecule has 0 aromatic carbocycles. The molecule has 0 saturated carbocycles. The van der Waals surface area contributed by atoms with Crippen molar-refractivity contribution in [3.05, 3.63) is 72.9 Å². The maximum atomic E-state index is 13.6. The molecular weight excluding hydrogens is 1010 g/mol. The number of ether oxygens (including phenoxy) is 1. The van der Waals surface area contributed by atoms with Crippen molar-refractivity contribution in [3.63, 3.8) is 0 Å². The predicted molar refractivity (Wildman–Crippen MR) is 344 cm³/mol. The predicted octanol–water partition coefficient (Wildman–Crippen LogP) is 20.5. The number of rotatable bonds is 61. The number of likely N-dealkylation sites (N-methyl/N-ethyl adjacent to an activating group) is 1. The Kier molecular flexibility index (Phi) is 57.7. The number of phosphoric acid groups is 1. The van der Waals surface area contributed by atoms with Crippen LogP contribution in [0, 0.1) is 0 Å². The maximum Gasteiger partial charge on any atom is 0.306 e. The van der Waals surface area contributed by atoms with E-state index in [1.54, 1.807) is 0 Å². The second kappa shape index (κ2) is 59.6. The zero-order valence-electron chi connectivity index (χ0n) is 53.3. The van der Waals surface area contributed by atoms with E-state index in [4.69, 9.17) is 13.8 Å². The summed E-state index contributed by atoms with van der Waals surface area (Å²) < 4.78 is 30.4. The molecule has 0 aromatic heterocycles. The zero-order valence-corrected chi connectivity index (χ0v) is 54.2. The molecule has 0 saturated heterocycles. The summed E-state index contributed by atoms with van der Waals surface area (Å²) in [5.41, 5.74) is 0. The number of carbonyl (C=O) groups excluding carboxylic acids is 2. The molecule has 0 radical (unpaired) electrons. The molecule has 1 amide bonds. The molecule has 0 fully saturated rings. The number of nitrogens with one attached hydrogen (secondary N) is 1. The molecule has 0 aliphatic heterocycles. The Morgan fingerprint density at radius 3 is 1.16 bits per heavy atom. The molecule has 0 rings (SSSR count). The fraction of sp³-hybridized carbons (Fsp3) is 0.800. The molecule has 0 heterocycles. The maximum absolute atomic E-state index is 13.6. The Bertz CT molecular complexity index is 1600. The SMILES string of the molecule is CCCCC/C=C\C/C=C\C/C=C\CCCCCCCCCCCCC(=O)NC(COP(=O)([O-])OCC[N+](C)(C)C)C(/C=C\CCCCCCCCCCCC)OC(=O)CCCCCCCCCCC/C=C\C/C=C\CCCCC. The van der Waals surface area contributed by atoms with Crippen molar-refractivity contribution in [3.8, 4) is 0 Å². The Hall–Kier alpha value is -2.55. The van der Waals surface area contributed by atoms with E-state index in [1.807, 2.05) is 33.3 Å². The third kappa shape index (κ3) is 60.1. The number of amides is 1. The molecule has 9 nitrogen and oxygen atoms in total. The first-order valence-electron chi connectivity index (χ1n) is 33.7. The van der Waals surface area contributed by atoms with Gasteiger partial charge in [-0.05, 0) is 102 Å². The quantitative estimate of drug-likeness (QED) is 0.0212. The third-order valence-electron chi connectivity index (χ3n) is 14.9. The van der Waals surface area contributed by atoms with E-state index in [0.29, 0.717) is 17.4 Å². The lowest BCUT2D eigenvalue weighted by Gasteiger charge is -2.30. The molecule has 466 valence electrons. The van der Waals surface area contributed by atoms with E-state index in [-0.39, 0.29) is 24.9 Å². The zero-order chi connectivity index (χ0) is 58.6. The minimum Gasteiger partial charge on any atom is -0.756 e. The molecule has 10 heteroatoms. The van der Waals surface area contributed by atoms with Crippen molar-refractivity contribution in [1.82, 2.24) is 5.32 Å². The lowest BCUT2D eigenvalue weighted by Crippen LogP contribution is -2.47. The van der Waals surface area contributed by atoms with Gasteiger partial charge in [-0.3, -0.25) is 14.2 Å². The van der Waals surface area contributed by atoms with Gasteiger partial charge in [0.2, 0.25) is 5.91 Å². The van der Waals surface area contributed by atoms with Crippen molar-refractivity contribution in [2.45, 2.75) is 322 Å². The number of allylic oxidation sites excluding steroid dienone is 11. The summed E-state index contributed by atoms with van der Waals surface area (Å²) in [7, 11) is 1.18. The van der Waals surface area contributed by atoms with Crippen LogP contribution in [0.15, 0.2) is 72.9 Å². The minimum atomic E-state index is -4.71. The smallest absolute Gasteiger partial charge is 0.306 e. The summed E-state index contributed by atoms with van der Waals surface area (Å²) in [6.45, 7) is 6.81. The van der Waals surface area contributed by atoms with Crippen LogP contribution in [0.5, 0.6) is 0 Å². The van der Waals surface area contributed by atoms with Gasteiger partial charge in [0.15, 0.2) is 0 Å². The van der Waals surface area contributed by atoms with Gasteiger partial charge in [-0.2, -0.15) is 0 Å². The Labute approximate surface area is 495 Å². The fourth-order valence-electron chi connectivity index (χ4n) is 9.62. The Morgan fingerprint density at radius 2 is 0.762 bits per heavy atom. The number of quaternary nitrogens is 1. The van der Waals surface area contributed by atoms with E-state index in [0.717, 1.165) is 103 Å². The van der Waals surface area contributed by atoms with Crippen molar-refractivity contribution >= 4 is 19.7 Å². The minimum absolute atomic E-state index is 0.0254. The molecule has 0 bridgehead atoms. The molecular formula is C70H129N2O7P. The van der Waals surface area contributed by atoms with Gasteiger partial charge in [0, 0.05) is 12.8 Å². The van der Waals surface area contributed by atoms with Crippen LogP contribution in [0.4, 0.5) is 0 Å². The summed E-state index contributed by atoms with van der Waals surface area (Å²) in [6.07, 6.45) is 77.2. The normalized spacial score (nSPS) is 14.0. The second-order valence-corrected chi connectivity index (χ2v) is 25.4. The highest BCUT2D eigenvalue weighted by molar-refractivity contribution is 7.45. The highest BCUT2D eigenvalue weighted by atomic mass is 31.2. The molecule has 0 aliphatic carbocycles. The van der Waals surface area contributed by atoms with E-state index in [9.17, 15) is 19.0 Å². The summed E-state index contributed by atoms with van der Waals surface area (Å²) >= 11 is 0. The van der Waals surface area contributed by atoms with Gasteiger partial charge in [-0.25, -0.2) is 0 Å². The van der Waals surface area contributed by atoms with Crippen LogP contribution in [0.3, 0.4) is 0 Å². The van der Waals surface area contributed by atoms with Crippen molar-refractivity contribution in [2.24, 2.45) is 0 Å². The van der Waals surface area contributed by atoms with Crippen molar-refractivity contribution < 1.29 is 37.3 Å². The molecule has 3 atom stereocenters.